The lowest BCUT2D eigenvalue weighted by atomic mass is 10.3. The van der Waals surface area contributed by atoms with E-state index >= 15 is 0 Å². The summed E-state index contributed by atoms with van der Waals surface area (Å²) >= 11 is 0. The van der Waals surface area contributed by atoms with Gasteiger partial charge in [0.05, 0.1) is 0 Å². The van der Waals surface area contributed by atoms with Crippen LogP contribution in [0.5, 0.6) is 5.75 Å². The fraction of sp³-hybridized carbons (Fsp3) is 0.250. The van der Waals surface area contributed by atoms with Gasteiger partial charge in [0.2, 0.25) is 0 Å². The Hall–Kier alpha value is -2.44. The Morgan fingerprint density at radius 2 is 2.05 bits per heavy atom. The molecule has 0 bridgehead atoms. The second-order valence-corrected chi connectivity index (χ2v) is 3.90. The van der Waals surface area contributed by atoms with Crippen LogP contribution in [0.15, 0.2) is 28.9 Å². The Labute approximate surface area is 108 Å². The van der Waals surface area contributed by atoms with E-state index in [9.17, 15) is 9.18 Å². The molecule has 1 atom stereocenters. The van der Waals surface area contributed by atoms with Crippen molar-refractivity contribution in [3.05, 3.63) is 35.8 Å². The standard InChI is InChI=1S/C12H12FN3O3/c1-7-11(16-19-15-7)14-12(17)8(2)18-10-5-3-9(13)4-6-10/h3-6,8H,1-2H3,(H,14,16,17)/t8-/m0/s1. The van der Waals surface area contributed by atoms with Crippen LogP contribution in [0.3, 0.4) is 0 Å². The van der Waals surface area contributed by atoms with Crippen molar-refractivity contribution in [2.24, 2.45) is 0 Å². The number of benzene rings is 1. The zero-order valence-electron chi connectivity index (χ0n) is 10.4. The van der Waals surface area contributed by atoms with Crippen LogP contribution in [0.1, 0.15) is 12.6 Å². The second kappa shape index (κ2) is 5.47. The lowest BCUT2D eigenvalue weighted by Gasteiger charge is -2.13. The van der Waals surface area contributed by atoms with Crippen molar-refractivity contribution in [2.45, 2.75) is 20.0 Å². The summed E-state index contributed by atoms with van der Waals surface area (Å²) in [6.07, 6.45) is -0.762. The van der Waals surface area contributed by atoms with Crippen molar-refractivity contribution in [3.8, 4) is 5.75 Å². The molecule has 19 heavy (non-hydrogen) atoms. The summed E-state index contributed by atoms with van der Waals surface area (Å²) in [6.45, 7) is 3.22. The monoisotopic (exact) mass is 265 g/mol. The maximum Gasteiger partial charge on any atom is 0.266 e. The van der Waals surface area contributed by atoms with E-state index in [0.717, 1.165) is 0 Å². The molecule has 1 N–H and O–H groups in total. The van der Waals surface area contributed by atoms with Gasteiger partial charge in [0, 0.05) is 0 Å². The molecule has 1 aromatic heterocycles. The van der Waals surface area contributed by atoms with Crippen LogP contribution in [0, 0.1) is 12.7 Å². The van der Waals surface area contributed by atoms with Gasteiger partial charge in [0.25, 0.3) is 5.91 Å². The molecule has 0 aliphatic rings. The van der Waals surface area contributed by atoms with E-state index in [2.05, 4.69) is 20.3 Å². The Kier molecular flexibility index (Phi) is 3.74. The van der Waals surface area contributed by atoms with Gasteiger partial charge in [0.1, 0.15) is 17.3 Å². The molecule has 0 saturated carbocycles. The molecule has 1 aromatic carbocycles. The minimum absolute atomic E-state index is 0.250. The molecular formula is C12H12FN3O3. The number of carbonyl (C=O) groups is 1. The summed E-state index contributed by atoms with van der Waals surface area (Å²) in [5, 5.41) is 9.59. The van der Waals surface area contributed by atoms with Crippen molar-refractivity contribution < 1.29 is 18.6 Å². The minimum Gasteiger partial charge on any atom is -0.481 e. The molecule has 0 spiro atoms. The first-order valence-electron chi connectivity index (χ1n) is 5.58. The lowest BCUT2D eigenvalue weighted by molar-refractivity contribution is -0.122. The van der Waals surface area contributed by atoms with Crippen LogP contribution in [-0.2, 0) is 4.79 Å². The molecule has 0 fully saturated rings. The number of nitrogens with zero attached hydrogens (tertiary/aromatic N) is 2. The fourth-order valence-corrected chi connectivity index (χ4v) is 1.33. The predicted octanol–water partition coefficient (Wildman–Crippen LogP) is 1.92. The van der Waals surface area contributed by atoms with Gasteiger partial charge in [-0.2, -0.15) is 0 Å². The van der Waals surface area contributed by atoms with Gasteiger partial charge >= 0.3 is 0 Å². The zero-order chi connectivity index (χ0) is 13.8. The van der Waals surface area contributed by atoms with E-state index in [4.69, 9.17) is 4.74 Å². The largest absolute Gasteiger partial charge is 0.481 e. The maximum atomic E-state index is 12.7. The van der Waals surface area contributed by atoms with Crippen LogP contribution >= 0.6 is 0 Å². The van der Waals surface area contributed by atoms with Crippen LogP contribution in [0.4, 0.5) is 10.2 Å². The average molecular weight is 265 g/mol. The predicted molar refractivity (Wildman–Crippen MR) is 64.2 cm³/mol. The van der Waals surface area contributed by atoms with Crippen molar-refractivity contribution in [1.82, 2.24) is 10.3 Å². The molecular weight excluding hydrogens is 253 g/mol. The summed E-state index contributed by atoms with van der Waals surface area (Å²) < 4.78 is 22.5. The normalized spacial score (nSPS) is 11.9. The molecule has 0 aliphatic heterocycles. The molecule has 0 radical (unpaired) electrons. The number of hydrogen-bond donors (Lipinski definition) is 1. The number of amides is 1. The fourth-order valence-electron chi connectivity index (χ4n) is 1.33. The average Bonchev–Trinajstić information content (AvgIpc) is 2.78. The van der Waals surface area contributed by atoms with E-state index in [1.807, 2.05) is 0 Å². The molecule has 1 amide bonds. The SMILES string of the molecule is Cc1nonc1NC(=O)[C@H](C)Oc1ccc(F)cc1. The number of carbonyl (C=O) groups excluding carboxylic acids is 1. The Morgan fingerprint density at radius 3 is 2.63 bits per heavy atom. The van der Waals surface area contributed by atoms with Crippen LogP contribution in [0.2, 0.25) is 0 Å². The molecule has 7 heteroatoms. The first-order valence-corrected chi connectivity index (χ1v) is 5.58. The topological polar surface area (TPSA) is 77.3 Å². The number of halogens is 1. The Balaban J connectivity index is 1.96. The number of ether oxygens (including phenoxy) is 1. The highest BCUT2D eigenvalue weighted by molar-refractivity contribution is 5.93. The highest BCUT2D eigenvalue weighted by Gasteiger charge is 2.17. The number of nitrogens with one attached hydrogen (secondary N) is 1. The first-order chi connectivity index (χ1) is 9.06. The molecule has 100 valence electrons. The van der Waals surface area contributed by atoms with E-state index in [0.29, 0.717) is 11.4 Å². The quantitative estimate of drug-likeness (QED) is 0.913. The van der Waals surface area contributed by atoms with Gasteiger partial charge in [-0.3, -0.25) is 4.79 Å². The second-order valence-electron chi connectivity index (χ2n) is 3.90. The number of rotatable bonds is 4. The van der Waals surface area contributed by atoms with E-state index in [-0.39, 0.29) is 11.6 Å². The summed E-state index contributed by atoms with van der Waals surface area (Å²) in [5.41, 5.74) is 0.474. The highest BCUT2D eigenvalue weighted by atomic mass is 19.1. The minimum atomic E-state index is -0.762. The smallest absolute Gasteiger partial charge is 0.266 e. The van der Waals surface area contributed by atoms with Gasteiger partial charge in [0.15, 0.2) is 11.9 Å². The van der Waals surface area contributed by atoms with Crippen molar-refractivity contribution in [2.75, 3.05) is 5.32 Å². The van der Waals surface area contributed by atoms with Gasteiger partial charge in [-0.25, -0.2) is 9.02 Å². The van der Waals surface area contributed by atoms with Gasteiger partial charge < -0.3 is 10.1 Å². The summed E-state index contributed by atoms with van der Waals surface area (Å²) in [4.78, 5) is 11.8. The third kappa shape index (κ3) is 3.27. The number of aryl methyl sites for hydroxylation is 1. The molecule has 1 heterocycles. The van der Waals surface area contributed by atoms with Crippen molar-refractivity contribution in [1.29, 1.82) is 0 Å². The molecule has 2 aromatic rings. The van der Waals surface area contributed by atoms with Gasteiger partial charge in [-0.1, -0.05) is 5.16 Å². The number of anilines is 1. The Morgan fingerprint density at radius 1 is 1.37 bits per heavy atom. The molecule has 0 saturated heterocycles. The zero-order valence-corrected chi connectivity index (χ0v) is 10.4. The molecule has 6 nitrogen and oxygen atoms in total. The number of aromatic nitrogens is 2. The van der Waals surface area contributed by atoms with E-state index in [1.165, 1.54) is 24.3 Å². The summed E-state index contributed by atoms with van der Waals surface area (Å²) in [5.74, 6) is -0.115. The molecule has 0 aliphatic carbocycles. The van der Waals surface area contributed by atoms with Gasteiger partial charge in [-0.15, -0.1) is 0 Å². The van der Waals surface area contributed by atoms with Crippen molar-refractivity contribution >= 4 is 11.7 Å². The summed E-state index contributed by atoms with van der Waals surface area (Å²) in [6, 6.07) is 5.40. The van der Waals surface area contributed by atoms with Crippen LogP contribution < -0.4 is 10.1 Å². The van der Waals surface area contributed by atoms with Crippen molar-refractivity contribution in [3.63, 3.8) is 0 Å². The molecule has 2 rings (SSSR count). The van der Waals surface area contributed by atoms with E-state index in [1.54, 1.807) is 13.8 Å². The third-order valence-corrected chi connectivity index (χ3v) is 2.39. The molecule has 0 unspecified atom stereocenters. The lowest BCUT2D eigenvalue weighted by Crippen LogP contribution is -2.30. The number of hydrogen-bond acceptors (Lipinski definition) is 5. The summed E-state index contributed by atoms with van der Waals surface area (Å²) in [7, 11) is 0. The Bertz CT molecular complexity index is 568. The highest BCUT2D eigenvalue weighted by Crippen LogP contribution is 2.14. The third-order valence-electron chi connectivity index (χ3n) is 2.39. The maximum absolute atomic E-state index is 12.7. The van der Waals surface area contributed by atoms with Crippen LogP contribution in [-0.4, -0.2) is 22.3 Å². The van der Waals surface area contributed by atoms with Crippen LogP contribution in [0.25, 0.3) is 0 Å². The first kappa shape index (κ1) is 13.0. The van der Waals surface area contributed by atoms with Gasteiger partial charge in [-0.05, 0) is 43.3 Å². The van der Waals surface area contributed by atoms with E-state index < -0.39 is 12.0 Å².